The first-order valence-corrected chi connectivity index (χ1v) is 3.39. The van der Waals surface area contributed by atoms with E-state index in [1.165, 1.54) is 6.08 Å². The molecule has 0 unspecified atom stereocenters. The molecule has 0 saturated heterocycles. The first-order chi connectivity index (χ1) is 4.63. The molecule has 0 radical (unpaired) electrons. The molecule has 0 aliphatic carbocycles. The molecule has 0 bridgehead atoms. The van der Waals surface area contributed by atoms with E-state index in [2.05, 4.69) is 29.1 Å². The van der Waals surface area contributed by atoms with Crippen LogP contribution in [0.2, 0.25) is 0 Å². The van der Waals surface area contributed by atoms with Gasteiger partial charge in [0.1, 0.15) is 5.83 Å². The summed E-state index contributed by atoms with van der Waals surface area (Å²) in [4.78, 5) is 0. The molecular weight excluding hydrogens is 199 g/mol. The maximum absolute atomic E-state index is 12.3. The summed E-state index contributed by atoms with van der Waals surface area (Å²) in [5, 5.41) is 8.56. The van der Waals surface area contributed by atoms with Crippen LogP contribution in [-0.2, 0) is 0 Å². The zero-order valence-electron chi connectivity index (χ0n) is 5.40. The van der Waals surface area contributed by atoms with Gasteiger partial charge in [-0.2, -0.15) is 0 Å². The standard InChI is InChI=1S/C7H8BrFO/c1-3-7(8)6(4-10)5(2)9/h3,10H,1-2,4H2/b7-6+. The quantitative estimate of drug-likeness (QED) is 0.704. The smallest absolute Gasteiger partial charge is 0.122 e. The molecule has 0 aromatic rings. The minimum Gasteiger partial charge on any atom is -0.392 e. The molecule has 0 fully saturated rings. The van der Waals surface area contributed by atoms with Gasteiger partial charge in [0.2, 0.25) is 0 Å². The van der Waals surface area contributed by atoms with Gasteiger partial charge in [0.15, 0.2) is 0 Å². The Morgan fingerprint density at radius 1 is 1.70 bits per heavy atom. The second-order valence-corrected chi connectivity index (χ2v) is 2.45. The second-order valence-electron chi connectivity index (χ2n) is 1.59. The number of aliphatic hydroxyl groups excluding tert-OH is 1. The summed E-state index contributed by atoms with van der Waals surface area (Å²) < 4.78 is 12.7. The van der Waals surface area contributed by atoms with Crippen LogP contribution < -0.4 is 0 Å². The number of rotatable bonds is 3. The van der Waals surface area contributed by atoms with Gasteiger partial charge in [0, 0.05) is 10.1 Å². The van der Waals surface area contributed by atoms with Crippen LogP contribution in [0.15, 0.2) is 35.1 Å². The van der Waals surface area contributed by atoms with Crippen LogP contribution in [0.3, 0.4) is 0 Å². The summed E-state index contributed by atoms with van der Waals surface area (Å²) in [6.07, 6.45) is 1.40. The molecule has 0 heterocycles. The van der Waals surface area contributed by atoms with Gasteiger partial charge in [-0.1, -0.05) is 35.2 Å². The molecule has 3 heteroatoms. The predicted molar refractivity (Wildman–Crippen MR) is 43.5 cm³/mol. The summed E-state index contributed by atoms with van der Waals surface area (Å²) >= 11 is 3.00. The first-order valence-electron chi connectivity index (χ1n) is 2.60. The molecule has 0 amide bonds. The van der Waals surface area contributed by atoms with Crippen molar-refractivity contribution >= 4 is 15.9 Å². The van der Waals surface area contributed by atoms with Gasteiger partial charge in [-0.25, -0.2) is 4.39 Å². The fraction of sp³-hybridized carbons (Fsp3) is 0.143. The van der Waals surface area contributed by atoms with Crippen molar-refractivity contribution in [1.29, 1.82) is 0 Å². The topological polar surface area (TPSA) is 20.2 Å². The highest BCUT2D eigenvalue weighted by molar-refractivity contribution is 9.11. The van der Waals surface area contributed by atoms with Crippen molar-refractivity contribution in [1.82, 2.24) is 0 Å². The van der Waals surface area contributed by atoms with Gasteiger partial charge >= 0.3 is 0 Å². The third kappa shape index (κ3) is 2.45. The predicted octanol–water partition coefficient (Wildman–Crippen LogP) is 2.30. The van der Waals surface area contributed by atoms with E-state index in [1.807, 2.05) is 0 Å². The normalized spacial score (nSPS) is 12.3. The average Bonchev–Trinajstić information content (AvgIpc) is 1.88. The van der Waals surface area contributed by atoms with Crippen LogP contribution in [0.1, 0.15) is 0 Å². The average molecular weight is 207 g/mol. The molecular formula is C7H8BrFO. The Bertz CT molecular complexity index is 184. The van der Waals surface area contributed by atoms with Gasteiger partial charge in [0.05, 0.1) is 6.61 Å². The van der Waals surface area contributed by atoms with Crippen molar-refractivity contribution < 1.29 is 9.50 Å². The number of allylic oxidation sites excluding steroid dienone is 2. The Hall–Kier alpha value is -0.410. The van der Waals surface area contributed by atoms with E-state index in [0.29, 0.717) is 4.48 Å². The molecule has 56 valence electrons. The van der Waals surface area contributed by atoms with Gasteiger partial charge in [-0.15, -0.1) is 0 Å². The molecule has 0 aromatic heterocycles. The Labute approximate surface area is 67.7 Å². The zero-order valence-corrected chi connectivity index (χ0v) is 6.99. The minimum absolute atomic E-state index is 0.134. The van der Waals surface area contributed by atoms with Crippen molar-refractivity contribution in [3.8, 4) is 0 Å². The fourth-order valence-electron chi connectivity index (χ4n) is 0.414. The number of hydrogen-bond donors (Lipinski definition) is 1. The minimum atomic E-state index is -0.644. The van der Waals surface area contributed by atoms with E-state index < -0.39 is 5.83 Å². The Morgan fingerprint density at radius 3 is 2.30 bits per heavy atom. The lowest BCUT2D eigenvalue weighted by atomic mass is 10.2. The summed E-state index contributed by atoms with van der Waals surface area (Å²) in [5.41, 5.74) is 0.134. The lowest BCUT2D eigenvalue weighted by molar-refractivity contribution is 0.328. The lowest BCUT2D eigenvalue weighted by Crippen LogP contribution is -1.91. The zero-order chi connectivity index (χ0) is 8.15. The van der Waals surface area contributed by atoms with Crippen LogP contribution in [-0.4, -0.2) is 11.7 Å². The SMILES string of the molecule is C=C/C(Br)=C(/CO)C(=C)F. The third-order valence-corrected chi connectivity index (χ3v) is 1.76. The Kier molecular flexibility index (Phi) is 4.23. The second kappa shape index (κ2) is 4.41. The Balaban J connectivity index is 4.62. The highest BCUT2D eigenvalue weighted by atomic mass is 79.9. The summed E-state index contributed by atoms with van der Waals surface area (Å²) in [5.74, 6) is -0.644. The van der Waals surface area contributed by atoms with E-state index in [1.54, 1.807) is 0 Å². The molecule has 0 rings (SSSR count). The lowest BCUT2D eigenvalue weighted by Gasteiger charge is -1.99. The molecule has 0 aromatic carbocycles. The maximum atomic E-state index is 12.3. The van der Waals surface area contributed by atoms with Crippen LogP contribution in [0.5, 0.6) is 0 Å². The molecule has 0 spiro atoms. The highest BCUT2D eigenvalue weighted by Gasteiger charge is 2.03. The van der Waals surface area contributed by atoms with Crippen molar-refractivity contribution in [2.24, 2.45) is 0 Å². The Morgan fingerprint density at radius 2 is 2.20 bits per heavy atom. The van der Waals surface area contributed by atoms with E-state index in [4.69, 9.17) is 5.11 Å². The molecule has 10 heavy (non-hydrogen) atoms. The van der Waals surface area contributed by atoms with E-state index in [-0.39, 0.29) is 12.2 Å². The fourth-order valence-corrected chi connectivity index (χ4v) is 0.755. The van der Waals surface area contributed by atoms with Crippen molar-refractivity contribution in [3.63, 3.8) is 0 Å². The van der Waals surface area contributed by atoms with Gasteiger partial charge in [-0.3, -0.25) is 0 Å². The molecule has 0 atom stereocenters. The number of hydrogen-bond acceptors (Lipinski definition) is 1. The van der Waals surface area contributed by atoms with E-state index in [0.717, 1.165) is 0 Å². The van der Waals surface area contributed by atoms with E-state index >= 15 is 0 Å². The van der Waals surface area contributed by atoms with Crippen LogP contribution >= 0.6 is 15.9 Å². The molecule has 1 N–H and O–H groups in total. The molecule has 0 saturated carbocycles. The number of halogens is 2. The van der Waals surface area contributed by atoms with Crippen LogP contribution in [0.4, 0.5) is 4.39 Å². The molecule has 1 nitrogen and oxygen atoms in total. The molecule has 0 aliphatic heterocycles. The van der Waals surface area contributed by atoms with Crippen molar-refractivity contribution in [3.05, 3.63) is 35.1 Å². The summed E-state index contributed by atoms with van der Waals surface area (Å²) in [6.45, 7) is 6.05. The first kappa shape index (κ1) is 9.59. The van der Waals surface area contributed by atoms with Crippen LogP contribution in [0, 0.1) is 0 Å². The monoisotopic (exact) mass is 206 g/mol. The third-order valence-electron chi connectivity index (χ3n) is 0.953. The maximum Gasteiger partial charge on any atom is 0.122 e. The van der Waals surface area contributed by atoms with Crippen molar-refractivity contribution in [2.75, 3.05) is 6.61 Å². The van der Waals surface area contributed by atoms with Gasteiger partial charge in [-0.05, 0) is 0 Å². The van der Waals surface area contributed by atoms with E-state index in [9.17, 15) is 4.39 Å². The number of aliphatic hydroxyl groups is 1. The van der Waals surface area contributed by atoms with Crippen LogP contribution in [0.25, 0.3) is 0 Å². The largest absolute Gasteiger partial charge is 0.392 e. The van der Waals surface area contributed by atoms with Gasteiger partial charge < -0.3 is 5.11 Å². The van der Waals surface area contributed by atoms with Crippen molar-refractivity contribution in [2.45, 2.75) is 0 Å². The molecule has 0 aliphatic rings. The summed E-state index contributed by atoms with van der Waals surface area (Å²) in [6, 6.07) is 0. The van der Waals surface area contributed by atoms with Gasteiger partial charge in [0.25, 0.3) is 0 Å². The highest BCUT2D eigenvalue weighted by Crippen LogP contribution is 2.19. The summed E-state index contributed by atoms with van der Waals surface area (Å²) in [7, 11) is 0.